The van der Waals surface area contributed by atoms with Crippen molar-refractivity contribution in [3.05, 3.63) is 92.5 Å². The molecular weight excluding hydrogens is 724 g/mol. The molecule has 0 unspecified atom stereocenters. The van der Waals surface area contributed by atoms with Gasteiger partial charge in [0.25, 0.3) is 11.4 Å². The third kappa shape index (κ3) is 7.02. The maximum Gasteiger partial charge on any atom is 0.356 e. The minimum absolute atomic E-state index is 0.0329. The number of aromatic carboxylic acids is 1. The van der Waals surface area contributed by atoms with Crippen LogP contribution in [0.5, 0.6) is 0 Å². The van der Waals surface area contributed by atoms with E-state index < -0.39 is 33.8 Å². The third-order valence-electron chi connectivity index (χ3n) is 9.33. The first-order valence-corrected chi connectivity index (χ1v) is 16.7. The Bertz CT molecular complexity index is 2260. The number of fused-ring (bicyclic) bond motifs is 8. The van der Waals surface area contributed by atoms with E-state index in [4.69, 9.17) is 4.74 Å². The number of ether oxygens (including phenoxy) is 1. The number of carbonyl (C=O) groups excluding carboxylic acids is 3. The smallest absolute Gasteiger partial charge is 0.356 e. The van der Waals surface area contributed by atoms with Crippen molar-refractivity contribution in [2.75, 3.05) is 63.5 Å². The minimum Gasteiger partial charge on any atom is -0.477 e. The van der Waals surface area contributed by atoms with Crippen LogP contribution in [-0.2, 0) is 4.74 Å². The van der Waals surface area contributed by atoms with Crippen LogP contribution in [0.2, 0.25) is 0 Å². The van der Waals surface area contributed by atoms with Crippen LogP contribution in [0.4, 0.5) is 55.6 Å². The van der Waals surface area contributed by atoms with Crippen molar-refractivity contribution in [3.63, 3.8) is 0 Å². The summed E-state index contributed by atoms with van der Waals surface area (Å²) >= 11 is 0. The standard InChI is InChI=1S/C17H16N6O5.C16H14N6O5/c1-28-16(24)12-2-3-13-15(19-12)22(11-5-7-21(13)9-11)17(25)20-14-8-10(23(26)27)4-6-18-14;23-15(24)11-1-2-12-14(18-11)21(10-4-6-20(12)8-10)16(25)19-13-7-9(22(26)27)3-5-17-13/h2-4,6,8,11H,5,7,9H2,1H3,(H,18,20,25);1-3,5,7,10H,4,6,8H2,(H,23,24)(H,17,19,25)/t11-;10-/m00/s1. The number of nitrogens with one attached hydrogen (secondary N) is 2. The average molecular weight is 755 g/mol. The molecule has 282 valence electrons. The highest BCUT2D eigenvalue weighted by Gasteiger charge is 2.42. The fourth-order valence-corrected chi connectivity index (χ4v) is 6.82. The van der Waals surface area contributed by atoms with Gasteiger partial charge < -0.3 is 19.6 Å². The molecule has 2 fully saturated rings. The molecule has 2 saturated heterocycles. The molecule has 0 spiro atoms. The number of aromatic nitrogens is 4. The minimum atomic E-state index is -1.19. The Kier molecular flexibility index (Phi) is 9.44. The van der Waals surface area contributed by atoms with Crippen molar-refractivity contribution in [2.24, 2.45) is 0 Å². The lowest BCUT2D eigenvalue weighted by Gasteiger charge is -2.35. The maximum absolute atomic E-state index is 13.0. The van der Waals surface area contributed by atoms with Gasteiger partial charge in [-0.3, -0.25) is 40.7 Å². The number of amides is 4. The van der Waals surface area contributed by atoms with Crippen LogP contribution < -0.4 is 30.2 Å². The lowest BCUT2D eigenvalue weighted by molar-refractivity contribution is -0.385. The van der Waals surface area contributed by atoms with Crippen molar-refractivity contribution in [1.82, 2.24) is 19.9 Å². The van der Waals surface area contributed by atoms with Gasteiger partial charge in [0, 0.05) is 50.7 Å². The van der Waals surface area contributed by atoms with E-state index in [0.29, 0.717) is 31.0 Å². The number of nitrogens with zero attached hydrogens (tertiary/aromatic N) is 10. The lowest BCUT2D eigenvalue weighted by Crippen LogP contribution is -2.48. The van der Waals surface area contributed by atoms with Gasteiger partial charge in [-0.1, -0.05) is 0 Å². The molecule has 22 nitrogen and oxygen atoms in total. The van der Waals surface area contributed by atoms with Crippen molar-refractivity contribution < 1.29 is 38.9 Å². The number of rotatable bonds is 6. The predicted molar refractivity (Wildman–Crippen MR) is 193 cm³/mol. The Labute approximate surface area is 309 Å². The van der Waals surface area contributed by atoms with Gasteiger partial charge >= 0.3 is 24.0 Å². The Balaban J connectivity index is 0.000000169. The van der Waals surface area contributed by atoms with Crippen molar-refractivity contribution >= 4 is 70.0 Å². The van der Waals surface area contributed by atoms with E-state index >= 15 is 0 Å². The zero-order valence-electron chi connectivity index (χ0n) is 28.8. The molecule has 3 N–H and O–H groups in total. The molecule has 0 aliphatic carbocycles. The lowest BCUT2D eigenvalue weighted by atomic mass is 10.2. The molecule has 0 saturated carbocycles. The number of carboxylic acid groups (broad SMARTS) is 1. The molecule has 8 heterocycles. The van der Waals surface area contributed by atoms with Crippen LogP contribution in [0.3, 0.4) is 0 Å². The zero-order valence-corrected chi connectivity index (χ0v) is 28.8. The highest BCUT2D eigenvalue weighted by Crippen LogP contribution is 2.40. The van der Waals surface area contributed by atoms with E-state index in [1.165, 1.54) is 53.6 Å². The molecule has 4 amide bonds. The average Bonchev–Trinajstić information content (AvgIpc) is 3.80. The van der Waals surface area contributed by atoms with Gasteiger partial charge in [-0.05, 0) is 37.1 Å². The number of hydrogen-bond donors (Lipinski definition) is 3. The molecule has 4 aromatic rings. The molecule has 0 radical (unpaired) electrons. The van der Waals surface area contributed by atoms with Crippen molar-refractivity contribution in [2.45, 2.75) is 24.9 Å². The van der Waals surface area contributed by atoms with Gasteiger partial charge in [-0.25, -0.2) is 39.1 Å². The van der Waals surface area contributed by atoms with Gasteiger partial charge in [0.05, 0.1) is 52.5 Å². The van der Waals surface area contributed by atoms with E-state index in [9.17, 15) is 44.5 Å². The first-order valence-electron chi connectivity index (χ1n) is 16.7. The molecule has 2 atom stereocenters. The van der Waals surface area contributed by atoms with Gasteiger partial charge in [0.2, 0.25) is 0 Å². The Morgan fingerprint density at radius 2 is 1.20 bits per heavy atom. The van der Waals surface area contributed by atoms with Crippen LogP contribution >= 0.6 is 0 Å². The summed E-state index contributed by atoms with van der Waals surface area (Å²) in [7, 11) is 1.26. The second kappa shape index (κ2) is 14.5. The van der Waals surface area contributed by atoms with E-state index in [0.717, 1.165) is 31.3 Å². The monoisotopic (exact) mass is 754 g/mol. The highest BCUT2D eigenvalue weighted by molar-refractivity contribution is 6.06. The summed E-state index contributed by atoms with van der Waals surface area (Å²) in [5.41, 5.74) is 0.970. The molecule has 4 aliphatic heterocycles. The first kappa shape index (κ1) is 35.9. The summed E-state index contributed by atoms with van der Waals surface area (Å²) in [6.45, 7) is 2.74. The molecule has 22 heteroatoms. The maximum atomic E-state index is 13.0. The van der Waals surface area contributed by atoms with Gasteiger partial charge in [-0.15, -0.1) is 0 Å². The number of pyridine rings is 4. The van der Waals surface area contributed by atoms with E-state index in [1.807, 2.05) is 4.90 Å². The number of carboxylic acids is 1. The Hall–Kier alpha value is -7.52. The number of urea groups is 2. The van der Waals surface area contributed by atoms with E-state index in [1.54, 1.807) is 18.2 Å². The summed E-state index contributed by atoms with van der Waals surface area (Å²) in [6, 6.07) is 9.75. The van der Waals surface area contributed by atoms with Crippen LogP contribution in [0.25, 0.3) is 0 Å². The van der Waals surface area contributed by atoms with Crippen LogP contribution in [0.1, 0.15) is 33.8 Å². The van der Waals surface area contributed by atoms with Crippen molar-refractivity contribution in [1.29, 1.82) is 0 Å². The van der Waals surface area contributed by atoms with Crippen LogP contribution in [0, 0.1) is 20.2 Å². The number of methoxy groups -OCH3 is 1. The topological polar surface area (TPSA) is 273 Å². The Morgan fingerprint density at radius 3 is 1.64 bits per heavy atom. The van der Waals surface area contributed by atoms with E-state index in [-0.39, 0.29) is 52.3 Å². The van der Waals surface area contributed by atoms with Crippen LogP contribution in [0.15, 0.2) is 60.9 Å². The van der Waals surface area contributed by atoms with Gasteiger partial charge in [0.1, 0.15) is 11.6 Å². The highest BCUT2D eigenvalue weighted by atomic mass is 16.6. The fraction of sp³-hybridized carbons (Fsp3) is 0.273. The second-order valence-electron chi connectivity index (χ2n) is 12.6. The largest absolute Gasteiger partial charge is 0.477 e. The summed E-state index contributed by atoms with van der Waals surface area (Å²) in [6.07, 6.45) is 3.92. The van der Waals surface area contributed by atoms with E-state index in [2.05, 4.69) is 35.5 Å². The normalized spacial score (nSPS) is 17.3. The molecule has 4 bridgehead atoms. The molecule has 55 heavy (non-hydrogen) atoms. The Morgan fingerprint density at radius 1 is 0.745 bits per heavy atom. The second-order valence-corrected chi connectivity index (χ2v) is 12.6. The number of hydrogen-bond acceptors (Lipinski definition) is 15. The number of carbonyl (C=O) groups is 4. The summed E-state index contributed by atoms with van der Waals surface area (Å²) in [5.74, 6) is -1.09. The van der Waals surface area contributed by atoms with Gasteiger partial charge in [-0.2, -0.15) is 0 Å². The fourth-order valence-electron chi connectivity index (χ4n) is 6.82. The van der Waals surface area contributed by atoms with Crippen molar-refractivity contribution in [3.8, 4) is 0 Å². The predicted octanol–water partition coefficient (Wildman–Crippen LogP) is 3.52. The van der Waals surface area contributed by atoms with Gasteiger partial charge in [0.15, 0.2) is 23.0 Å². The first-order chi connectivity index (χ1) is 26.4. The SMILES string of the molecule is COC(=O)c1ccc2c(n1)N(C(=O)Nc1cc([N+](=O)[O-])ccn1)[C@H]1CCN2C1.O=C(O)c1ccc2c(n1)N(C(=O)Nc1cc([N+](=O)[O-])ccn1)[C@H]1CCN2C1. The molecule has 8 rings (SSSR count). The number of esters is 1. The third-order valence-corrected chi connectivity index (χ3v) is 9.33. The quantitative estimate of drug-likeness (QED) is 0.144. The number of anilines is 6. The summed E-state index contributed by atoms with van der Waals surface area (Å²) in [5, 5.41) is 36.2. The summed E-state index contributed by atoms with van der Waals surface area (Å²) in [4.78, 5) is 93.1. The zero-order chi connectivity index (χ0) is 39.0. The molecule has 0 aromatic carbocycles. The number of nitro groups is 2. The molecular formula is C33H30N12O10. The molecule has 4 aliphatic rings. The molecule has 4 aromatic heterocycles. The van der Waals surface area contributed by atoms with Crippen LogP contribution in [-0.4, -0.2) is 104 Å². The summed E-state index contributed by atoms with van der Waals surface area (Å²) < 4.78 is 4.72.